The third-order valence-electron chi connectivity index (χ3n) is 15.9. The largest absolute Gasteiger partial charge is 0.113 e. The zero-order valence-electron chi connectivity index (χ0n) is 38.0. The fraction of sp³-hybridized carbons (Fsp3) is 0.125. The van der Waals surface area contributed by atoms with E-state index in [0.717, 1.165) is 0 Å². The van der Waals surface area contributed by atoms with E-state index in [-0.39, 0.29) is 10.8 Å². The standard InChI is InChI=1S/C64H50Si/c1-63(2)55-25-14-12-21-45(55)47-30-28-43(34-57(47)63)61-50-23-10-11-24-51(50)62(44-29-31-48-46-22-13-15-26-56(46)64(3,4)58(48)35-44)54-38-60-52(37-53(54)61)49-32-27-42(36-59(49)65(60,5)6)41-20-16-19-40(33-41)39-17-8-7-9-18-39/h7-38H,1-6H3. The van der Waals surface area contributed by atoms with Gasteiger partial charge in [-0.15, -0.1) is 0 Å². The maximum absolute atomic E-state index is 2.65. The summed E-state index contributed by atoms with van der Waals surface area (Å²) >= 11 is 0. The molecule has 13 rings (SSSR count). The van der Waals surface area contributed by atoms with Crippen LogP contribution >= 0.6 is 0 Å². The smallest absolute Gasteiger partial charge is 0.0622 e. The molecule has 0 unspecified atom stereocenters. The molecule has 0 radical (unpaired) electrons. The second-order valence-corrected chi connectivity index (χ2v) is 24.8. The molecule has 0 nitrogen and oxygen atoms in total. The van der Waals surface area contributed by atoms with Gasteiger partial charge in [0.05, 0.1) is 0 Å². The summed E-state index contributed by atoms with van der Waals surface area (Å²) in [6.07, 6.45) is 0. The first-order valence-corrected chi connectivity index (χ1v) is 26.3. The van der Waals surface area contributed by atoms with Crippen molar-refractivity contribution in [3.63, 3.8) is 0 Å². The van der Waals surface area contributed by atoms with Gasteiger partial charge in [-0.1, -0.05) is 211 Å². The van der Waals surface area contributed by atoms with Crippen LogP contribution in [0.2, 0.25) is 13.1 Å². The van der Waals surface area contributed by atoms with Crippen molar-refractivity contribution in [2.45, 2.75) is 51.6 Å². The summed E-state index contributed by atoms with van der Waals surface area (Å²) < 4.78 is 0. The van der Waals surface area contributed by atoms with Gasteiger partial charge in [-0.2, -0.15) is 0 Å². The Bertz CT molecular complexity index is 3670. The molecule has 1 heterocycles. The van der Waals surface area contributed by atoms with E-state index in [0.29, 0.717) is 0 Å². The van der Waals surface area contributed by atoms with Gasteiger partial charge in [0.15, 0.2) is 0 Å². The number of hydrogen-bond donors (Lipinski definition) is 0. The Labute approximate surface area is 383 Å². The summed E-state index contributed by atoms with van der Waals surface area (Å²) in [5.74, 6) is 0. The maximum atomic E-state index is 2.65. The maximum Gasteiger partial charge on any atom is 0.113 e. The van der Waals surface area contributed by atoms with Crippen molar-refractivity contribution < 1.29 is 0 Å². The monoisotopic (exact) mass is 846 g/mol. The molecule has 0 aromatic heterocycles. The molecule has 0 bridgehead atoms. The Kier molecular flexibility index (Phi) is 7.97. The molecule has 0 atom stereocenters. The van der Waals surface area contributed by atoms with Crippen LogP contribution in [-0.4, -0.2) is 8.07 Å². The van der Waals surface area contributed by atoms with E-state index in [2.05, 4.69) is 235 Å². The zero-order chi connectivity index (χ0) is 44.0. The quantitative estimate of drug-likeness (QED) is 0.122. The topological polar surface area (TPSA) is 0 Å². The average Bonchev–Trinajstić information content (AvgIpc) is 3.81. The van der Waals surface area contributed by atoms with Crippen LogP contribution in [0.4, 0.5) is 0 Å². The van der Waals surface area contributed by atoms with Crippen molar-refractivity contribution in [3.8, 4) is 77.9 Å². The first-order valence-electron chi connectivity index (χ1n) is 23.3. The van der Waals surface area contributed by atoms with Crippen molar-refractivity contribution in [1.29, 1.82) is 0 Å². The fourth-order valence-electron chi connectivity index (χ4n) is 12.4. The van der Waals surface area contributed by atoms with Crippen LogP contribution in [0.5, 0.6) is 0 Å². The fourth-order valence-corrected chi connectivity index (χ4v) is 15.5. The van der Waals surface area contributed by atoms with Crippen molar-refractivity contribution >= 4 is 40.0 Å². The molecule has 65 heavy (non-hydrogen) atoms. The molecule has 310 valence electrons. The molecule has 2 aliphatic carbocycles. The van der Waals surface area contributed by atoms with Gasteiger partial charge in [-0.05, 0) is 156 Å². The minimum Gasteiger partial charge on any atom is -0.0622 e. The molecule has 3 aliphatic rings. The number of benzene rings is 10. The highest BCUT2D eigenvalue weighted by Gasteiger charge is 2.40. The average molecular weight is 847 g/mol. The van der Waals surface area contributed by atoms with Gasteiger partial charge in [0, 0.05) is 10.8 Å². The van der Waals surface area contributed by atoms with Crippen LogP contribution in [-0.2, 0) is 10.8 Å². The molecule has 0 N–H and O–H groups in total. The SMILES string of the molecule is CC1(C)c2ccccc2-c2ccc(-c3c4ccccc4c(-c4ccc5c(c4)C(C)(C)c4ccccc4-5)c4cc5c(cc34)-c3ccc(-c4cccc(-c6ccccc6)c4)cc3[Si]5(C)C)cc21. The normalized spacial score (nSPS) is 15.3. The summed E-state index contributed by atoms with van der Waals surface area (Å²) in [5, 5.41) is 8.32. The Morgan fingerprint density at radius 3 is 1.31 bits per heavy atom. The molecule has 0 saturated heterocycles. The second kappa shape index (κ2) is 13.5. The molecule has 10 aromatic rings. The highest BCUT2D eigenvalue weighted by Crippen LogP contribution is 2.54. The van der Waals surface area contributed by atoms with E-state index >= 15 is 0 Å². The Hall–Kier alpha value is -7.06. The third kappa shape index (κ3) is 5.37. The van der Waals surface area contributed by atoms with E-state index in [1.807, 2.05) is 0 Å². The Balaban J connectivity index is 1.07. The number of rotatable bonds is 4. The summed E-state index contributed by atoms with van der Waals surface area (Å²) in [4.78, 5) is 0. The summed E-state index contributed by atoms with van der Waals surface area (Å²) in [6.45, 7) is 14.8. The number of hydrogen-bond acceptors (Lipinski definition) is 0. The van der Waals surface area contributed by atoms with Crippen molar-refractivity contribution in [3.05, 3.63) is 216 Å². The van der Waals surface area contributed by atoms with Gasteiger partial charge in [-0.3, -0.25) is 0 Å². The van der Waals surface area contributed by atoms with Crippen molar-refractivity contribution in [1.82, 2.24) is 0 Å². The minimum atomic E-state index is -2.18. The lowest BCUT2D eigenvalue weighted by Crippen LogP contribution is -2.49. The molecule has 10 aromatic carbocycles. The summed E-state index contributed by atoms with van der Waals surface area (Å²) in [5.41, 5.74) is 23.9. The third-order valence-corrected chi connectivity index (χ3v) is 19.4. The lowest BCUT2D eigenvalue weighted by molar-refractivity contribution is 0.660. The van der Waals surface area contributed by atoms with Crippen LogP contribution in [0.1, 0.15) is 49.9 Å². The molecule has 1 heteroatoms. The molecular weight excluding hydrogens is 797 g/mol. The van der Waals surface area contributed by atoms with Crippen LogP contribution in [0.25, 0.3) is 99.4 Å². The van der Waals surface area contributed by atoms with E-state index in [9.17, 15) is 0 Å². The van der Waals surface area contributed by atoms with Gasteiger partial charge in [-0.25, -0.2) is 0 Å². The molecule has 1 aliphatic heterocycles. The predicted octanol–water partition coefficient (Wildman–Crippen LogP) is 16.1. The summed E-state index contributed by atoms with van der Waals surface area (Å²) in [7, 11) is -2.18. The molecule has 0 amide bonds. The van der Waals surface area contributed by atoms with Gasteiger partial charge < -0.3 is 0 Å². The van der Waals surface area contributed by atoms with Crippen LogP contribution < -0.4 is 10.4 Å². The Morgan fingerprint density at radius 2 is 0.708 bits per heavy atom. The highest BCUT2D eigenvalue weighted by atomic mass is 28.3. The van der Waals surface area contributed by atoms with Gasteiger partial charge >= 0.3 is 0 Å². The van der Waals surface area contributed by atoms with Crippen LogP contribution in [0.15, 0.2) is 194 Å². The predicted molar refractivity (Wildman–Crippen MR) is 281 cm³/mol. The van der Waals surface area contributed by atoms with E-state index in [1.54, 1.807) is 0 Å². The van der Waals surface area contributed by atoms with E-state index in [1.165, 1.54) is 132 Å². The molecular formula is C64H50Si. The Morgan fingerprint density at radius 1 is 0.277 bits per heavy atom. The van der Waals surface area contributed by atoms with Crippen molar-refractivity contribution in [2.75, 3.05) is 0 Å². The van der Waals surface area contributed by atoms with Gasteiger partial charge in [0.25, 0.3) is 0 Å². The first kappa shape index (κ1) is 38.4. The van der Waals surface area contributed by atoms with Crippen LogP contribution in [0, 0.1) is 0 Å². The molecule has 0 saturated carbocycles. The first-order chi connectivity index (χ1) is 31.5. The van der Waals surface area contributed by atoms with E-state index in [4.69, 9.17) is 0 Å². The lowest BCUT2D eigenvalue weighted by Gasteiger charge is -2.25. The van der Waals surface area contributed by atoms with Crippen molar-refractivity contribution in [2.24, 2.45) is 0 Å². The van der Waals surface area contributed by atoms with Gasteiger partial charge in [0.1, 0.15) is 8.07 Å². The van der Waals surface area contributed by atoms with Gasteiger partial charge in [0.2, 0.25) is 0 Å². The highest BCUT2D eigenvalue weighted by molar-refractivity contribution is 7.04. The lowest BCUT2D eigenvalue weighted by atomic mass is 9.79. The summed E-state index contributed by atoms with van der Waals surface area (Å²) in [6, 6.07) is 74.4. The molecule has 0 spiro atoms. The zero-order valence-corrected chi connectivity index (χ0v) is 39.0. The second-order valence-electron chi connectivity index (χ2n) is 20.4. The van der Waals surface area contributed by atoms with E-state index < -0.39 is 8.07 Å². The van der Waals surface area contributed by atoms with Crippen LogP contribution in [0.3, 0.4) is 0 Å². The minimum absolute atomic E-state index is 0.0988. The molecule has 0 fully saturated rings. The number of fused-ring (bicyclic) bond motifs is 11.